The molecular weight excluding hydrogens is 635 g/mol. The summed E-state index contributed by atoms with van der Waals surface area (Å²) < 4.78 is 146. The third-order valence-corrected chi connectivity index (χ3v) is 8.64. The molecule has 2 aromatic rings. The van der Waals surface area contributed by atoms with Crippen molar-refractivity contribution < 1.29 is 90.2 Å². The number of carbonyl (C=O) groups excluding carboxylic acids is 1. The molecule has 2 aromatic carbocycles. The topological polar surface area (TPSA) is 207 Å². The Morgan fingerprint density at radius 1 is 0.957 bits per heavy atom. The average molecular weight is 679 g/mol. The zero-order valence-corrected chi connectivity index (χ0v) is 24.3. The fourth-order valence-corrected chi connectivity index (χ4v) is 6.74. The van der Waals surface area contributed by atoms with Crippen LogP contribution in [0.3, 0.4) is 0 Å². The van der Waals surface area contributed by atoms with Crippen LogP contribution < -0.4 is 23.5 Å². The van der Waals surface area contributed by atoms with E-state index in [9.17, 15) is 29.4 Å². The van der Waals surface area contributed by atoms with E-state index in [4.69, 9.17) is 56.3 Å². The second-order valence-corrected chi connectivity index (χ2v) is 12.1. The van der Waals surface area contributed by atoms with Crippen LogP contribution in [0.5, 0.6) is 28.7 Å². The molecule has 5 aliphatic rings. The van der Waals surface area contributed by atoms with Gasteiger partial charge in [0.15, 0.2) is 35.6 Å². The molecule has 0 aromatic heterocycles. The lowest BCUT2D eigenvalue weighted by atomic mass is 9.66. The van der Waals surface area contributed by atoms with Crippen LogP contribution in [0.4, 0.5) is 0 Å². The Balaban J connectivity index is 1.41. The third-order valence-electron chi connectivity index (χ3n) is 8.22. The standard InChI is InChI=1S/C29H33O16P/c1-11-38-9-20-27(42-11)23(30)24(31)29(43-20)44-25-14-7-17-16(40-10-41-17)6-13(14)21(22-15(25)8-39-28(22)32)12-4-18(36-2)26(19(5-12)37-3)45-46(33,34)35/h4-7,11,15,20-25,27,29-31H,8-10H2,1-3H3,(H2,33,34,35)/t11-,15+,20-,21-,22+,23-,24-,25-,27-,29+/m1/s1/i2D3,3D3,8D2,9D2. The zero-order valence-electron chi connectivity index (χ0n) is 33.4. The molecule has 3 saturated heterocycles. The monoisotopic (exact) mass is 678 g/mol. The minimum Gasteiger partial charge on any atom is -0.493 e. The molecule has 250 valence electrons. The maximum absolute atomic E-state index is 13.8. The summed E-state index contributed by atoms with van der Waals surface area (Å²) in [5.41, 5.74) is -0.179. The highest BCUT2D eigenvalue weighted by molar-refractivity contribution is 7.46. The van der Waals surface area contributed by atoms with Gasteiger partial charge < -0.3 is 57.4 Å². The van der Waals surface area contributed by atoms with E-state index in [1.54, 1.807) is 0 Å². The molecule has 3 fully saturated rings. The number of fused-ring (bicyclic) bond motifs is 4. The van der Waals surface area contributed by atoms with Crippen molar-refractivity contribution in [2.45, 2.75) is 55.9 Å². The number of ether oxygens (including phenoxy) is 9. The van der Waals surface area contributed by atoms with Crippen molar-refractivity contribution in [3.8, 4) is 28.7 Å². The van der Waals surface area contributed by atoms with E-state index in [0.29, 0.717) is 0 Å². The van der Waals surface area contributed by atoms with Gasteiger partial charge in [-0.3, -0.25) is 14.6 Å². The summed E-state index contributed by atoms with van der Waals surface area (Å²) in [6, 6.07) is 4.45. The van der Waals surface area contributed by atoms with E-state index in [2.05, 4.69) is 4.52 Å². The van der Waals surface area contributed by atoms with Gasteiger partial charge in [0, 0.05) is 11.8 Å². The number of phosphoric ester groups is 1. The van der Waals surface area contributed by atoms with E-state index in [1.165, 1.54) is 19.1 Å². The number of carbonyl (C=O) groups is 1. The van der Waals surface area contributed by atoms with Crippen molar-refractivity contribution in [2.75, 3.05) is 34.0 Å². The molecule has 4 heterocycles. The molecule has 0 amide bonds. The predicted octanol–water partition coefficient (Wildman–Crippen LogP) is 1.10. The smallest absolute Gasteiger partial charge is 0.493 e. The van der Waals surface area contributed by atoms with Gasteiger partial charge >= 0.3 is 13.8 Å². The van der Waals surface area contributed by atoms with E-state index in [1.807, 2.05) is 0 Å². The maximum atomic E-state index is 13.8. The molecule has 1 aliphatic carbocycles. The number of esters is 1. The van der Waals surface area contributed by atoms with Gasteiger partial charge in [0.2, 0.25) is 12.5 Å². The summed E-state index contributed by atoms with van der Waals surface area (Å²) in [5, 5.41) is 22.3. The lowest BCUT2D eigenvalue weighted by molar-refractivity contribution is -0.364. The van der Waals surface area contributed by atoms with Crippen LogP contribution in [0, 0.1) is 11.8 Å². The first kappa shape index (κ1) is 21.6. The Hall–Kier alpha value is -3.18. The van der Waals surface area contributed by atoms with Crippen molar-refractivity contribution in [1.29, 1.82) is 0 Å². The van der Waals surface area contributed by atoms with Gasteiger partial charge in [-0.05, 0) is 47.9 Å². The molecule has 0 saturated carbocycles. The van der Waals surface area contributed by atoms with Crippen molar-refractivity contribution >= 4 is 13.8 Å². The summed E-state index contributed by atoms with van der Waals surface area (Å²) in [6.45, 7) is -4.42. The predicted molar refractivity (Wildman–Crippen MR) is 149 cm³/mol. The minimum absolute atomic E-state index is 0.00925. The normalized spacial score (nSPS) is 40.6. The van der Waals surface area contributed by atoms with Crippen molar-refractivity contribution in [2.24, 2.45) is 11.8 Å². The molecule has 7 rings (SSSR count). The van der Waals surface area contributed by atoms with Gasteiger partial charge in [-0.2, -0.15) is 0 Å². The number of benzene rings is 2. The summed E-state index contributed by atoms with van der Waals surface area (Å²) in [7, 11) is -12.3. The molecule has 10 atom stereocenters. The minimum atomic E-state index is -5.57. The van der Waals surface area contributed by atoms with Crippen LogP contribution in [-0.2, 0) is 33.0 Å². The van der Waals surface area contributed by atoms with Crippen LogP contribution >= 0.6 is 7.82 Å². The first-order chi connectivity index (χ1) is 25.7. The van der Waals surface area contributed by atoms with Crippen molar-refractivity contribution in [1.82, 2.24) is 0 Å². The number of aliphatic hydroxyl groups excluding tert-OH is 2. The lowest BCUT2D eigenvalue weighted by Gasteiger charge is -2.47. The molecule has 17 heteroatoms. The Morgan fingerprint density at radius 2 is 1.65 bits per heavy atom. The highest BCUT2D eigenvalue weighted by Gasteiger charge is 2.56. The van der Waals surface area contributed by atoms with Gasteiger partial charge in [-0.1, -0.05) is 0 Å². The number of hydrogen-bond acceptors (Lipinski definition) is 14. The largest absolute Gasteiger partial charge is 0.525 e. The van der Waals surface area contributed by atoms with Gasteiger partial charge in [-0.25, -0.2) is 4.57 Å². The average Bonchev–Trinajstić information content (AvgIpc) is 3.58. The van der Waals surface area contributed by atoms with Crippen LogP contribution in [-0.4, -0.2) is 97.0 Å². The highest BCUT2D eigenvalue weighted by Crippen LogP contribution is 2.57. The number of hydrogen-bond donors (Lipinski definition) is 4. The SMILES string of the molecule is [2H]C([2H])([2H])Oc1cc([C@@H]2c3cc4c(cc3[C@@H](O[C@@H]3O[C@H]5[C@@H](O[C@H](C)OC5([2H])[2H])[C@H](O)[C@H]3O)[C@@H]3[C@@H]2C(=O)OC3([2H])[2H])OCO4)cc(OC([2H])([2H])[2H])c1OP(=O)(O)O. The van der Waals surface area contributed by atoms with Crippen molar-refractivity contribution in [3.05, 3.63) is 41.0 Å². The third kappa shape index (κ3) is 5.37. The summed E-state index contributed by atoms with van der Waals surface area (Å²) in [4.78, 5) is 33.1. The molecule has 0 bridgehead atoms. The fraction of sp³-hybridized carbons (Fsp3) is 0.552. The highest BCUT2D eigenvalue weighted by atomic mass is 31.2. The van der Waals surface area contributed by atoms with E-state index in [0.717, 1.165) is 12.1 Å². The van der Waals surface area contributed by atoms with Crippen LogP contribution in [0.25, 0.3) is 0 Å². The zero-order chi connectivity index (χ0) is 41.1. The second kappa shape index (κ2) is 11.8. The Morgan fingerprint density at radius 3 is 2.33 bits per heavy atom. The maximum Gasteiger partial charge on any atom is 0.525 e. The Kier molecular flexibility index (Phi) is 5.56. The van der Waals surface area contributed by atoms with Crippen LogP contribution in [0.15, 0.2) is 24.3 Å². The van der Waals surface area contributed by atoms with Gasteiger partial charge in [0.1, 0.15) is 24.4 Å². The van der Waals surface area contributed by atoms with E-state index < -0.39 is 119 Å². The van der Waals surface area contributed by atoms with Crippen LogP contribution in [0.2, 0.25) is 0 Å². The summed E-state index contributed by atoms with van der Waals surface area (Å²) >= 11 is 0. The number of aliphatic hydroxyl groups is 2. The van der Waals surface area contributed by atoms with Gasteiger partial charge in [0.25, 0.3) is 0 Å². The first-order valence-electron chi connectivity index (χ1n) is 18.7. The molecule has 16 nitrogen and oxygen atoms in total. The molecule has 4 N–H and O–H groups in total. The van der Waals surface area contributed by atoms with Crippen molar-refractivity contribution in [3.63, 3.8) is 0 Å². The number of methoxy groups -OCH3 is 2. The fourth-order valence-electron chi connectivity index (χ4n) is 6.32. The molecule has 0 unspecified atom stereocenters. The molecule has 4 aliphatic heterocycles. The molecule has 0 spiro atoms. The second-order valence-electron chi connectivity index (χ2n) is 10.9. The van der Waals surface area contributed by atoms with E-state index in [-0.39, 0.29) is 35.0 Å². The Bertz CT molecular complexity index is 1900. The number of cyclic esters (lactones) is 1. The summed E-state index contributed by atoms with van der Waals surface area (Å²) in [6.07, 6.45) is -11.6. The quantitative estimate of drug-likeness (QED) is 0.239. The summed E-state index contributed by atoms with van der Waals surface area (Å²) in [5.74, 6) is -8.97. The number of rotatable bonds is 7. The van der Waals surface area contributed by atoms with Gasteiger partial charge in [0.05, 0.1) is 52.9 Å². The first-order valence-corrected chi connectivity index (χ1v) is 15.2. The van der Waals surface area contributed by atoms with E-state index >= 15 is 0 Å². The number of phosphoric acid groups is 1. The lowest BCUT2D eigenvalue weighted by Crippen LogP contribution is -2.63. The molecule has 46 heavy (non-hydrogen) atoms. The Labute approximate surface area is 276 Å². The van der Waals surface area contributed by atoms with Crippen LogP contribution in [0.1, 0.15) is 49.3 Å². The molecule has 0 radical (unpaired) electrons. The van der Waals surface area contributed by atoms with Gasteiger partial charge in [-0.15, -0.1) is 0 Å². The molecular formula is C29H33O16P.